The van der Waals surface area contributed by atoms with Crippen LogP contribution in [-0.2, 0) is 18.0 Å². The second-order valence-electron chi connectivity index (χ2n) is 6.49. The summed E-state index contributed by atoms with van der Waals surface area (Å²) in [4.78, 5) is 0. The van der Waals surface area contributed by atoms with Gasteiger partial charge in [0.1, 0.15) is 0 Å². The first-order chi connectivity index (χ1) is 11.0. The van der Waals surface area contributed by atoms with Crippen molar-refractivity contribution in [2.24, 2.45) is 0 Å². The van der Waals surface area contributed by atoms with Gasteiger partial charge in [0.25, 0.3) is 0 Å². The van der Waals surface area contributed by atoms with E-state index in [1.165, 1.54) is 11.1 Å². The first-order valence-electron chi connectivity index (χ1n) is 8.31. The van der Waals surface area contributed by atoms with E-state index >= 15 is 0 Å². The Labute approximate surface area is 140 Å². The van der Waals surface area contributed by atoms with Crippen LogP contribution < -0.4 is 10.6 Å². The Bertz CT molecular complexity index is 555. The molecule has 2 aromatic carbocycles. The molecular weight excluding hydrogens is 284 g/mol. The van der Waals surface area contributed by atoms with Gasteiger partial charge < -0.3 is 15.4 Å². The second kappa shape index (κ2) is 8.59. The average molecular weight is 312 g/mol. The molecule has 0 unspecified atom stereocenters. The van der Waals surface area contributed by atoms with Gasteiger partial charge in [0.2, 0.25) is 0 Å². The summed E-state index contributed by atoms with van der Waals surface area (Å²) in [6.07, 6.45) is 0. The van der Waals surface area contributed by atoms with Gasteiger partial charge in [-0.15, -0.1) is 0 Å². The average Bonchev–Trinajstić information content (AvgIpc) is 2.46. The van der Waals surface area contributed by atoms with E-state index in [9.17, 15) is 0 Å². The second-order valence-corrected chi connectivity index (χ2v) is 6.49. The zero-order valence-electron chi connectivity index (χ0n) is 14.6. The molecule has 3 heteroatoms. The normalized spacial score (nSPS) is 11.0. The lowest BCUT2D eigenvalue weighted by molar-refractivity contribution is 0.107. The van der Waals surface area contributed by atoms with Crippen LogP contribution in [0.25, 0.3) is 0 Å². The first kappa shape index (κ1) is 17.4. The maximum Gasteiger partial charge on any atom is 0.0722 e. The Balaban J connectivity index is 1.87. The molecule has 0 amide bonds. The third-order valence-corrected chi connectivity index (χ3v) is 3.30. The minimum atomic E-state index is 0.433. The lowest BCUT2D eigenvalue weighted by atomic mass is 10.2. The number of hydrogen-bond donors (Lipinski definition) is 2. The van der Waals surface area contributed by atoms with Crippen LogP contribution in [0.4, 0.5) is 11.4 Å². The molecule has 0 aromatic heterocycles. The SMILES string of the molecule is CC(C)Nc1cccc(COCc2cccc(NC(C)C)c2)c1. The molecule has 0 spiro atoms. The molecule has 0 aliphatic heterocycles. The van der Waals surface area contributed by atoms with Gasteiger partial charge in [-0.05, 0) is 63.1 Å². The number of anilines is 2. The quantitative estimate of drug-likeness (QED) is 0.716. The van der Waals surface area contributed by atoms with Crippen molar-refractivity contribution in [3.8, 4) is 0 Å². The summed E-state index contributed by atoms with van der Waals surface area (Å²) in [6.45, 7) is 9.80. The molecule has 0 fully saturated rings. The van der Waals surface area contributed by atoms with Gasteiger partial charge in [-0.2, -0.15) is 0 Å². The van der Waals surface area contributed by atoms with E-state index in [1.807, 2.05) is 0 Å². The zero-order chi connectivity index (χ0) is 16.7. The van der Waals surface area contributed by atoms with Gasteiger partial charge in [-0.3, -0.25) is 0 Å². The summed E-state index contributed by atoms with van der Waals surface area (Å²) in [5.41, 5.74) is 4.66. The van der Waals surface area contributed by atoms with E-state index in [-0.39, 0.29) is 0 Å². The Kier molecular flexibility index (Phi) is 6.48. The van der Waals surface area contributed by atoms with Crippen LogP contribution in [0.15, 0.2) is 48.5 Å². The molecule has 0 heterocycles. The summed E-state index contributed by atoms with van der Waals surface area (Å²) in [5, 5.41) is 6.83. The summed E-state index contributed by atoms with van der Waals surface area (Å²) in [6, 6.07) is 17.7. The predicted molar refractivity (Wildman–Crippen MR) is 98.9 cm³/mol. The fraction of sp³-hybridized carbons (Fsp3) is 0.400. The number of hydrogen-bond acceptors (Lipinski definition) is 3. The van der Waals surface area contributed by atoms with E-state index in [1.54, 1.807) is 0 Å². The molecule has 2 N–H and O–H groups in total. The largest absolute Gasteiger partial charge is 0.383 e. The van der Waals surface area contributed by atoms with Crippen LogP contribution in [0.5, 0.6) is 0 Å². The van der Waals surface area contributed by atoms with E-state index in [2.05, 4.69) is 86.9 Å². The van der Waals surface area contributed by atoms with Crippen molar-refractivity contribution in [3.63, 3.8) is 0 Å². The molecule has 124 valence electrons. The lowest BCUT2D eigenvalue weighted by Crippen LogP contribution is -2.10. The highest BCUT2D eigenvalue weighted by atomic mass is 16.5. The molecule has 2 rings (SSSR count). The molecule has 0 aliphatic rings. The van der Waals surface area contributed by atoms with E-state index in [0.29, 0.717) is 25.3 Å². The first-order valence-corrected chi connectivity index (χ1v) is 8.31. The van der Waals surface area contributed by atoms with Gasteiger partial charge >= 0.3 is 0 Å². The fourth-order valence-corrected chi connectivity index (χ4v) is 2.46. The van der Waals surface area contributed by atoms with Gasteiger partial charge in [-0.25, -0.2) is 0 Å². The molecule has 0 atom stereocenters. The lowest BCUT2D eigenvalue weighted by Gasteiger charge is -2.12. The Hall–Kier alpha value is -2.00. The summed E-state index contributed by atoms with van der Waals surface area (Å²) >= 11 is 0. The highest BCUT2D eigenvalue weighted by Gasteiger charge is 2.01. The van der Waals surface area contributed by atoms with E-state index in [4.69, 9.17) is 4.74 Å². The van der Waals surface area contributed by atoms with Gasteiger partial charge in [0.15, 0.2) is 0 Å². The minimum Gasteiger partial charge on any atom is -0.383 e. The van der Waals surface area contributed by atoms with E-state index in [0.717, 1.165) is 11.4 Å². The van der Waals surface area contributed by atoms with Crippen LogP contribution in [-0.4, -0.2) is 12.1 Å². The van der Waals surface area contributed by atoms with Crippen molar-refractivity contribution in [1.82, 2.24) is 0 Å². The zero-order valence-corrected chi connectivity index (χ0v) is 14.6. The Morgan fingerprint density at radius 3 is 1.57 bits per heavy atom. The number of nitrogens with one attached hydrogen (secondary N) is 2. The maximum absolute atomic E-state index is 5.87. The van der Waals surface area contributed by atoms with Crippen molar-refractivity contribution < 1.29 is 4.74 Å². The molecule has 0 aliphatic carbocycles. The Morgan fingerprint density at radius 1 is 0.739 bits per heavy atom. The van der Waals surface area contributed by atoms with E-state index < -0.39 is 0 Å². The van der Waals surface area contributed by atoms with Crippen LogP contribution in [0.2, 0.25) is 0 Å². The van der Waals surface area contributed by atoms with Gasteiger partial charge in [-0.1, -0.05) is 24.3 Å². The maximum atomic E-state index is 5.87. The van der Waals surface area contributed by atoms with Crippen LogP contribution in [0, 0.1) is 0 Å². The van der Waals surface area contributed by atoms with Gasteiger partial charge in [0, 0.05) is 23.5 Å². The third-order valence-electron chi connectivity index (χ3n) is 3.30. The highest BCUT2D eigenvalue weighted by molar-refractivity contribution is 5.47. The van der Waals surface area contributed by atoms with Crippen molar-refractivity contribution in [1.29, 1.82) is 0 Å². The topological polar surface area (TPSA) is 33.3 Å². The van der Waals surface area contributed by atoms with Crippen LogP contribution in [0.1, 0.15) is 38.8 Å². The summed E-state index contributed by atoms with van der Waals surface area (Å²) in [7, 11) is 0. The predicted octanol–water partition coefficient (Wildman–Crippen LogP) is 5.04. The molecule has 0 saturated carbocycles. The van der Waals surface area contributed by atoms with Crippen molar-refractivity contribution in [2.75, 3.05) is 10.6 Å². The van der Waals surface area contributed by atoms with Crippen LogP contribution in [0.3, 0.4) is 0 Å². The monoisotopic (exact) mass is 312 g/mol. The molecule has 2 aromatic rings. The summed E-state index contributed by atoms with van der Waals surface area (Å²) < 4.78 is 5.87. The molecule has 23 heavy (non-hydrogen) atoms. The van der Waals surface area contributed by atoms with Crippen molar-refractivity contribution >= 4 is 11.4 Å². The summed E-state index contributed by atoms with van der Waals surface area (Å²) in [5.74, 6) is 0. The van der Waals surface area contributed by atoms with Crippen molar-refractivity contribution in [2.45, 2.75) is 53.0 Å². The highest BCUT2D eigenvalue weighted by Crippen LogP contribution is 2.15. The van der Waals surface area contributed by atoms with Crippen LogP contribution >= 0.6 is 0 Å². The molecule has 3 nitrogen and oxygen atoms in total. The Morgan fingerprint density at radius 2 is 1.17 bits per heavy atom. The minimum absolute atomic E-state index is 0.433. The molecule has 0 saturated heterocycles. The molecule has 0 bridgehead atoms. The molecular formula is C20H28N2O. The molecule has 0 radical (unpaired) electrons. The number of ether oxygens (including phenoxy) is 1. The number of benzene rings is 2. The van der Waals surface area contributed by atoms with Crippen molar-refractivity contribution in [3.05, 3.63) is 59.7 Å². The van der Waals surface area contributed by atoms with Gasteiger partial charge in [0.05, 0.1) is 13.2 Å². The standard InChI is InChI=1S/C20H28N2O/c1-15(2)21-19-9-5-7-17(11-19)13-23-14-18-8-6-10-20(12-18)22-16(3)4/h5-12,15-16,21-22H,13-14H2,1-4H3. The smallest absolute Gasteiger partial charge is 0.0722 e. The third kappa shape index (κ3) is 6.33. The number of rotatable bonds is 8. The fourth-order valence-electron chi connectivity index (χ4n) is 2.46.